The number of nitrogens with zero attached hydrogens (tertiary/aromatic N) is 4. The Morgan fingerprint density at radius 2 is 1.35 bits per heavy atom. The Morgan fingerprint density at radius 3 is 1.91 bits per heavy atom. The molecule has 3 aliphatic rings. The summed E-state index contributed by atoms with van der Waals surface area (Å²) >= 11 is 0. The molecule has 13 heteroatoms. The third-order valence-corrected chi connectivity index (χ3v) is 10.2. The number of H-pyrrole nitrogens is 3. The number of ether oxygens (including phenoxy) is 4. The quantitative estimate of drug-likeness (QED) is 0.157. The Hall–Kier alpha value is -5.30. The van der Waals surface area contributed by atoms with Crippen molar-refractivity contribution in [2.45, 2.75) is 96.6 Å². The number of hydrogen-bond donors (Lipinski definition) is 3. The smallest absolute Gasteiger partial charge is 0.410 e. The minimum Gasteiger partial charge on any atom is -0.482 e. The lowest BCUT2D eigenvalue weighted by Crippen LogP contribution is -2.36. The number of hydrogen-bond acceptors (Lipinski definition) is 8. The van der Waals surface area contributed by atoms with Gasteiger partial charge in [-0.2, -0.15) is 0 Å². The maximum absolute atomic E-state index is 13.0. The molecule has 6 heterocycles. The summed E-state index contributed by atoms with van der Waals surface area (Å²) < 4.78 is 23.7. The van der Waals surface area contributed by atoms with Gasteiger partial charge in [0.2, 0.25) is 0 Å². The largest absolute Gasteiger partial charge is 0.482 e. The van der Waals surface area contributed by atoms with Crippen LogP contribution in [0.1, 0.15) is 103 Å². The normalized spacial score (nSPS) is 19.9. The molecule has 3 N–H and O–H groups in total. The summed E-state index contributed by atoms with van der Waals surface area (Å²) in [5.74, 6) is 2.24. The highest BCUT2D eigenvalue weighted by Crippen LogP contribution is 2.47. The lowest BCUT2D eigenvalue weighted by atomic mass is 9.95. The maximum Gasteiger partial charge on any atom is 0.410 e. The van der Waals surface area contributed by atoms with Crippen LogP contribution in [0.15, 0.2) is 48.8 Å². The van der Waals surface area contributed by atoms with Gasteiger partial charge in [-0.15, -0.1) is 0 Å². The van der Waals surface area contributed by atoms with Crippen molar-refractivity contribution in [1.29, 1.82) is 0 Å². The first kappa shape index (κ1) is 35.7. The van der Waals surface area contributed by atoms with Crippen molar-refractivity contribution in [2.75, 3.05) is 26.8 Å². The molecule has 54 heavy (non-hydrogen) atoms. The van der Waals surface area contributed by atoms with Crippen LogP contribution in [0.2, 0.25) is 0 Å². The number of rotatable bonds is 6. The van der Waals surface area contributed by atoms with Crippen LogP contribution in [-0.4, -0.2) is 84.9 Å². The fourth-order valence-electron chi connectivity index (χ4n) is 7.89. The molecule has 2 saturated heterocycles. The van der Waals surface area contributed by atoms with Crippen LogP contribution in [0, 0.1) is 0 Å². The minimum absolute atomic E-state index is 0.166. The average Bonchev–Trinajstić information content (AvgIpc) is 3.95. The van der Waals surface area contributed by atoms with Gasteiger partial charge in [0.1, 0.15) is 34.7 Å². The number of imidazole rings is 2. The van der Waals surface area contributed by atoms with Crippen LogP contribution >= 0.6 is 0 Å². The van der Waals surface area contributed by atoms with E-state index in [1.165, 1.54) is 0 Å². The van der Waals surface area contributed by atoms with Gasteiger partial charge in [-0.3, -0.25) is 9.80 Å². The molecule has 0 saturated carbocycles. The van der Waals surface area contributed by atoms with E-state index in [-0.39, 0.29) is 30.4 Å². The van der Waals surface area contributed by atoms with E-state index < -0.39 is 11.2 Å². The molecule has 284 valence electrons. The molecule has 0 aliphatic carbocycles. The minimum atomic E-state index is -0.567. The van der Waals surface area contributed by atoms with Gasteiger partial charge in [0.05, 0.1) is 48.2 Å². The van der Waals surface area contributed by atoms with Gasteiger partial charge in [0, 0.05) is 53.4 Å². The molecule has 3 unspecified atom stereocenters. The third-order valence-electron chi connectivity index (χ3n) is 10.2. The highest BCUT2D eigenvalue weighted by Gasteiger charge is 2.37. The molecule has 2 aromatic carbocycles. The van der Waals surface area contributed by atoms with Crippen molar-refractivity contribution >= 4 is 23.1 Å². The summed E-state index contributed by atoms with van der Waals surface area (Å²) in [4.78, 5) is 49.5. The summed E-state index contributed by atoms with van der Waals surface area (Å²) in [5, 5.41) is 1.04. The predicted molar refractivity (Wildman–Crippen MR) is 204 cm³/mol. The van der Waals surface area contributed by atoms with Gasteiger partial charge in [-0.05, 0) is 91.5 Å². The number of aromatic amines is 3. The van der Waals surface area contributed by atoms with E-state index in [0.717, 1.165) is 93.3 Å². The van der Waals surface area contributed by atoms with Gasteiger partial charge in [-0.25, -0.2) is 19.6 Å². The van der Waals surface area contributed by atoms with Crippen LogP contribution < -0.4 is 4.74 Å². The van der Waals surface area contributed by atoms with Crippen molar-refractivity contribution in [3.8, 4) is 39.5 Å². The fourth-order valence-corrected chi connectivity index (χ4v) is 7.89. The molecule has 2 amide bonds. The second kappa shape index (κ2) is 13.5. The topological polar surface area (TPSA) is 151 Å². The summed E-state index contributed by atoms with van der Waals surface area (Å²) in [5.41, 5.74) is 6.45. The second-order valence-electron chi connectivity index (χ2n) is 16.5. The van der Waals surface area contributed by atoms with Crippen LogP contribution in [0.25, 0.3) is 44.7 Å². The van der Waals surface area contributed by atoms with Crippen LogP contribution in [0.5, 0.6) is 5.75 Å². The first-order valence-corrected chi connectivity index (χ1v) is 18.8. The van der Waals surface area contributed by atoms with Gasteiger partial charge < -0.3 is 33.9 Å². The van der Waals surface area contributed by atoms with Crippen molar-refractivity contribution in [1.82, 2.24) is 34.7 Å². The lowest BCUT2D eigenvalue weighted by molar-refractivity contribution is 0.0208. The van der Waals surface area contributed by atoms with Crippen molar-refractivity contribution in [3.05, 3.63) is 66.0 Å². The molecular weight excluding hydrogens is 686 g/mol. The predicted octanol–water partition coefficient (Wildman–Crippen LogP) is 8.84. The molecule has 3 aromatic heterocycles. The van der Waals surface area contributed by atoms with Gasteiger partial charge >= 0.3 is 12.2 Å². The lowest BCUT2D eigenvalue weighted by Gasteiger charge is -2.27. The first-order valence-electron chi connectivity index (χ1n) is 18.8. The highest BCUT2D eigenvalue weighted by atomic mass is 16.6. The molecule has 2 fully saturated rings. The number of nitrogens with one attached hydrogen (secondary N) is 3. The zero-order chi connectivity index (χ0) is 37.9. The van der Waals surface area contributed by atoms with Crippen molar-refractivity contribution in [3.63, 3.8) is 0 Å². The molecule has 0 bridgehead atoms. The van der Waals surface area contributed by atoms with E-state index in [9.17, 15) is 9.59 Å². The fraction of sp³-hybridized carbons (Fsp3) is 0.463. The number of benzene rings is 2. The van der Waals surface area contributed by atoms with Crippen LogP contribution in [-0.2, 0) is 14.2 Å². The molecule has 8 rings (SSSR count). The average molecular weight is 736 g/mol. The Balaban J connectivity index is 1.07. The van der Waals surface area contributed by atoms with E-state index in [0.29, 0.717) is 19.7 Å². The summed E-state index contributed by atoms with van der Waals surface area (Å²) in [6, 6.07) is 12.1. The SMILES string of the molecule is COCC1Oc2cc(-c3cnc(C4CCCN4C(=O)OC(C)(C)C)[nH]3)ccc2-c2[nH]c3ccc(-c4cnc(C5CCCN5C(=O)OC(C)(C)C)[nH]4)cc3c21. The Kier molecular flexibility index (Phi) is 8.95. The number of aromatic nitrogens is 5. The number of carbonyl (C=O) groups is 2. The number of methoxy groups -OCH3 is 1. The zero-order valence-electron chi connectivity index (χ0n) is 32.0. The first-order chi connectivity index (χ1) is 25.8. The van der Waals surface area contributed by atoms with Gasteiger partial charge in [0.15, 0.2) is 0 Å². The van der Waals surface area contributed by atoms with Gasteiger partial charge in [-0.1, -0.05) is 12.1 Å². The molecule has 0 radical (unpaired) electrons. The molecule has 3 aliphatic heterocycles. The summed E-state index contributed by atoms with van der Waals surface area (Å²) in [6.45, 7) is 12.9. The zero-order valence-corrected chi connectivity index (χ0v) is 32.0. The van der Waals surface area contributed by atoms with E-state index in [2.05, 4.69) is 45.3 Å². The number of amides is 2. The Morgan fingerprint density at radius 1 is 0.796 bits per heavy atom. The summed E-state index contributed by atoms with van der Waals surface area (Å²) in [7, 11) is 1.68. The van der Waals surface area contributed by atoms with E-state index >= 15 is 0 Å². The standard InChI is InChI=1S/C41H49N7O6/c1-40(2,3)53-38(49)47-16-8-10-30(47)36-42-20-28(45-36)23-13-15-27-26(18-23)34-33(22-51-7)52-32-19-24(12-14-25(32)35(34)44-27)29-21-43-37(46-29)31-11-9-17-48(31)39(50)54-41(4,5)6/h12-15,18-21,30-31,33,44H,8-11,16-17,22H2,1-7H3,(H,42,45)(H,43,46). The maximum atomic E-state index is 13.0. The third kappa shape index (κ3) is 6.81. The monoisotopic (exact) mass is 735 g/mol. The molecule has 13 nitrogen and oxygen atoms in total. The number of fused-ring (bicyclic) bond motifs is 5. The molecule has 3 atom stereocenters. The second-order valence-corrected chi connectivity index (χ2v) is 16.5. The number of likely N-dealkylation sites (tertiary alicyclic amines) is 2. The Labute approximate surface area is 314 Å². The van der Waals surface area contributed by atoms with Crippen molar-refractivity contribution < 1.29 is 28.5 Å². The molecular formula is C41H49N7O6. The summed E-state index contributed by atoms with van der Waals surface area (Å²) in [6.07, 6.45) is 6.09. The molecule has 0 spiro atoms. The van der Waals surface area contributed by atoms with Crippen LogP contribution in [0.3, 0.4) is 0 Å². The Bertz CT molecular complexity index is 2200. The highest BCUT2D eigenvalue weighted by molar-refractivity contribution is 5.96. The number of carbonyl (C=O) groups excluding carboxylic acids is 2. The van der Waals surface area contributed by atoms with E-state index in [1.807, 2.05) is 60.0 Å². The van der Waals surface area contributed by atoms with E-state index in [4.69, 9.17) is 28.9 Å². The molecule has 5 aromatic rings. The van der Waals surface area contributed by atoms with Gasteiger partial charge in [0.25, 0.3) is 0 Å². The van der Waals surface area contributed by atoms with Crippen LogP contribution in [0.4, 0.5) is 9.59 Å². The van der Waals surface area contributed by atoms with E-state index in [1.54, 1.807) is 16.9 Å². The van der Waals surface area contributed by atoms with Crippen molar-refractivity contribution in [2.24, 2.45) is 0 Å².